The number of hydrogen-bond acceptors (Lipinski definition) is 1. The molecule has 1 aromatic rings. The van der Waals surface area contributed by atoms with Gasteiger partial charge in [-0.1, -0.05) is 59.8 Å². The highest BCUT2D eigenvalue weighted by Gasteiger charge is 2.29. The smallest absolute Gasteiger partial charge is 0.0449 e. The van der Waals surface area contributed by atoms with Gasteiger partial charge in [-0.15, -0.1) is 0 Å². The van der Waals surface area contributed by atoms with Crippen LogP contribution in [0.1, 0.15) is 51.0 Å². The lowest BCUT2D eigenvalue weighted by Crippen LogP contribution is -2.41. The molecular weight excluding hydrogens is 322 g/mol. The normalized spacial score (nSPS) is 28.1. The van der Waals surface area contributed by atoms with Gasteiger partial charge >= 0.3 is 0 Å². The molecule has 1 fully saturated rings. The highest BCUT2D eigenvalue weighted by atomic mass is 79.9. The fraction of sp³-hybridized carbons (Fsp3) is 0.625. The molecule has 0 saturated heterocycles. The van der Waals surface area contributed by atoms with Gasteiger partial charge in [0.05, 0.1) is 0 Å². The molecule has 0 bridgehead atoms. The molecule has 1 saturated carbocycles. The zero-order chi connectivity index (χ0) is 13.9. The van der Waals surface area contributed by atoms with E-state index in [1.54, 1.807) is 0 Å². The number of hydrogen-bond donors (Lipinski definition) is 1. The van der Waals surface area contributed by atoms with E-state index >= 15 is 0 Å². The molecule has 0 aromatic heterocycles. The van der Waals surface area contributed by atoms with Crippen LogP contribution in [0.5, 0.6) is 0 Å². The van der Waals surface area contributed by atoms with Crippen LogP contribution in [0, 0.1) is 5.92 Å². The second-order valence-corrected chi connectivity index (χ2v) is 7.30. The van der Waals surface area contributed by atoms with Gasteiger partial charge in [0.25, 0.3) is 0 Å². The lowest BCUT2D eigenvalue weighted by Gasteiger charge is -2.29. The maximum absolute atomic E-state index is 6.64. The van der Waals surface area contributed by atoms with Crippen LogP contribution < -0.4 is 5.73 Å². The van der Waals surface area contributed by atoms with Crippen molar-refractivity contribution in [2.24, 2.45) is 11.7 Å². The molecule has 1 nitrogen and oxygen atoms in total. The minimum atomic E-state index is -0.0681. The van der Waals surface area contributed by atoms with Crippen molar-refractivity contribution in [2.45, 2.75) is 57.4 Å². The van der Waals surface area contributed by atoms with Crippen LogP contribution >= 0.6 is 27.5 Å². The Balaban J connectivity index is 2.08. The van der Waals surface area contributed by atoms with E-state index in [0.29, 0.717) is 0 Å². The molecule has 2 atom stereocenters. The summed E-state index contributed by atoms with van der Waals surface area (Å²) in [5.74, 6) is 0.866. The van der Waals surface area contributed by atoms with Crippen molar-refractivity contribution in [2.75, 3.05) is 0 Å². The van der Waals surface area contributed by atoms with Gasteiger partial charge in [0.1, 0.15) is 0 Å². The Morgan fingerprint density at radius 1 is 1.37 bits per heavy atom. The third-order valence-electron chi connectivity index (χ3n) is 4.47. The topological polar surface area (TPSA) is 26.0 Å². The van der Waals surface area contributed by atoms with Gasteiger partial charge in [-0.2, -0.15) is 0 Å². The maximum atomic E-state index is 6.64. The second kappa shape index (κ2) is 6.60. The standard InChI is InChI=1S/C16H23BrClN/c1-2-12-4-3-8-16(19,9-7-12)11-13-5-6-14(17)10-15(13)18/h5-6,10,12H,2-4,7-9,11,19H2,1H3. The third-order valence-corrected chi connectivity index (χ3v) is 5.32. The van der Waals surface area contributed by atoms with Crippen molar-refractivity contribution >= 4 is 27.5 Å². The van der Waals surface area contributed by atoms with Crippen molar-refractivity contribution < 1.29 is 0 Å². The molecule has 2 unspecified atom stereocenters. The summed E-state index contributed by atoms with van der Waals surface area (Å²) in [5, 5.41) is 0.829. The minimum Gasteiger partial charge on any atom is -0.325 e. The Kier molecular flexibility index (Phi) is 5.33. The van der Waals surface area contributed by atoms with Crippen LogP contribution in [-0.2, 0) is 6.42 Å². The largest absolute Gasteiger partial charge is 0.325 e. The monoisotopic (exact) mass is 343 g/mol. The number of benzene rings is 1. The van der Waals surface area contributed by atoms with E-state index in [-0.39, 0.29) is 5.54 Å². The van der Waals surface area contributed by atoms with E-state index in [1.165, 1.54) is 31.2 Å². The minimum absolute atomic E-state index is 0.0681. The molecule has 3 heteroatoms. The van der Waals surface area contributed by atoms with Gasteiger partial charge in [0.15, 0.2) is 0 Å². The summed E-state index contributed by atoms with van der Waals surface area (Å²) in [6, 6.07) is 6.12. The number of rotatable bonds is 3. The summed E-state index contributed by atoms with van der Waals surface area (Å²) in [6.07, 6.45) is 8.28. The first-order valence-electron chi connectivity index (χ1n) is 7.25. The van der Waals surface area contributed by atoms with E-state index in [2.05, 4.69) is 35.0 Å². The molecule has 1 aliphatic carbocycles. The average Bonchev–Trinajstić information content (AvgIpc) is 2.55. The van der Waals surface area contributed by atoms with Crippen molar-refractivity contribution in [1.29, 1.82) is 0 Å². The molecule has 1 aromatic carbocycles. The van der Waals surface area contributed by atoms with E-state index in [0.717, 1.165) is 34.7 Å². The second-order valence-electron chi connectivity index (χ2n) is 5.98. The summed E-state index contributed by atoms with van der Waals surface area (Å²) >= 11 is 9.77. The summed E-state index contributed by atoms with van der Waals surface area (Å²) < 4.78 is 1.03. The van der Waals surface area contributed by atoms with Crippen molar-refractivity contribution in [3.8, 4) is 0 Å². The number of nitrogens with two attached hydrogens (primary N) is 1. The first-order valence-corrected chi connectivity index (χ1v) is 8.42. The summed E-state index contributed by atoms with van der Waals surface area (Å²) in [7, 11) is 0. The quantitative estimate of drug-likeness (QED) is 0.737. The van der Waals surface area contributed by atoms with Crippen molar-refractivity contribution in [1.82, 2.24) is 0 Å². The van der Waals surface area contributed by atoms with Crippen LogP contribution in [0.25, 0.3) is 0 Å². The van der Waals surface area contributed by atoms with E-state index in [1.807, 2.05) is 6.07 Å². The van der Waals surface area contributed by atoms with Crippen molar-refractivity contribution in [3.63, 3.8) is 0 Å². The predicted molar refractivity (Wildman–Crippen MR) is 86.6 cm³/mol. The van der Waals surface area contributed by atoms with E-state index in [4.69, 9.17) is 17.3 Å². The first kappa shape index (κ1) is 15.3. The third kappa shape index (κ3) is 4.21. The lowest BCUT2D eigenvalue weighted by molar-refractivity contribution is 0.358. The van der Waals surface area contributed by atoms with Gasteiger partial charge in [-0.3, -0.25) is 0 Å². The number of halogens is 2. The van der Waals surface area contributed by atoms with Crippen LogP contribution in [0.15, 0.2) is 22.7 Å². The SMILES string of the molecule is CCC1CCCC(N)(Cc2ccc(Br)cc2Cl)CC1. The molecule has 0 heterocycles. The Bertz CT molecular complexity index is 435. The lowest BCUT2D eigenvalue weighted by atomic mass is 9.84. The van der Waals surface area contributed by atoms with Gasteiger partial charge in [-0.05, 0) is 49.3 Å². The van der Waals surface area contributed by atoms with Crippen LogP contribution in [0.2, 0.25) is 5.02 Å². The van der Waals surface area contributed by atoms with Crippen LogP contribution in [0.3, 0.4) is 0 Å². The Morgan fingerprint density at radius 2 is 2.16 bits per heavy atom. The van der Waals surface area contributed by atoms with E-state index in [9.17, 15) is 0 Å². The Hall–Kier alpha value is -0.0500. The van der Waals surface area contributed by atoms with E-state index < -0.39 is 0 Å². The molecule has 1 aliphatic rings. The molecule has 0 radical (unpaired) electrons. The summed E-state index contributed by atoms with van der Waals surface area (Å²) in [5.41, 5.74) is 7.76. The first-order chi connectivity index (χ1) is 9.02. The van der Waals surface area contributed by atoms with Gasteiger partial charge in [0.2, 0.25) is 0 Å². The summed E-state index contributed by atoms with van der Waals surface area (Å²) in [6.45, 7) is 2.29. The fourth-order valence-corrected chi connectivity index (χ4v) is 3.87. The molecule has 2 rings (SSSR count). The molecule has 0 spiro atoms. The Morgan fingerprint density at radius 3 is 2.84 bits per heavy atom. The fourth-order valence-electron chi connectivity index (χ4n) is 3.13. The van der Waals surface area contributed by atoms with Gasteiger partial charge in [0, 0.05) is 15.0 Å². The van der Waals surface area contributed by atoms with Crippen molar-refractivity contribution in [3.05, 3.63) is 33.3 Å². The molecule has 0 amide bonds. The van der Waals surface area contributed by atoms with Crippen LogP contribution in [0.4, 0.5) is 0 Å². The molecule has 106 valence electrons. The predicted octanol–water partition coefficient (Wildman–Crippen LogP) is 5.33. The van der Waals surface area contributed by atoms with Gasteiger partial charge < -0.3 is 5.73 Å². The maximum Gasteiger partial charge on any atom is 0.0449 e. The zero-order valence-electron chi connectivity index (χ0n) is 11.6. The van der Waals surface area contributed by atoms with Gasteiger partial charge in [-0.25, -0.2) is 0 Å². The zero-order valence-corrected chi connectivity index (χ0v) is 13.9. The Labute approximate surface area is 130 Å². The molecule has 2 N–H and O–H groups in total. The average molecular weight is 345 g/mol. The highest BCUT2D eigenvalue weighted by Crippen LogP contribution is 2.34. The molecular formula is C16H23BrClN. The summed E-state index contributed by atoms with van der Waals surface area (Å²) in [4.78, 5) is 0. The molecule has 0 aliphatic heterocycles. The van der Waals surface area contributed by atoms with Crippen LogP contribution in [-0.4, -0.2) is 5.54 Å². The molecule has 19 heavy (non-hydrogen) atoms. The highest BCUT2D eigenvalue weighted by molar-refractivity contribution is 9.10.